The molecule has 0 fully saturated rings. The Balaban J connectivity index is 2.45. The summed E-state index contributed by atoms with van der Waals surface area (Å²) in [6, 6.07) is 8.48. The minimum atomic E-state index is -0.0933. The smallest absolute Gasteiger partial charge is 0.250 e. The molecule has 0 radical (unpaired) electrons. The Morgan fingerprint density at radius 1 is 1.12 bits per heavy atom. The van der Waals surface area contributed by atoms with Gasteiger partial charge in [0.05, 0.1) is 6.54 Å². The van der Waals surface area contributed by atoms with E-state index in [4.69, 9.17) is 23.2 Å². The second-order valence-corrected chi connectivity index (χ2v) is 5.24. The predicted molar refractivity (Wildman–Crippen MR) is 74.0 cm³/mol. The van der Waals surface area contributed by atoms with Crippen molar-refractivity contribution in [3.05, 3.63) is 67.0 Å². The Morgan fingerprint density at radius 2 is 1.76 bits per heavy atom. The van der Waals surface area contributed by atoms with Crippen LogP contribution in [0.25, 0.3) is 0 Å². The largest absolute Gasteiger partial charge is 0.310 e. The summed E-state index contributed by atoms with van der Waals surface area (Å²) in [5, 5.41) is 1.12. The Hall–Kier alpha value is -0.770. The SMILES string of the molecule is O=c1ccc(Br)cn1Cc1c(Cl)cccc1Cl. The van der Waals surface area contributed by atoms with E-state index < -0.39 is 0 Å². The van der Waals surface area contributed by atoms with E-state index in [1.807, 2.05) is 0 Å². The zero-order valence-corrected chi connectivity index (χ0v) is 11.8. The molecule has 2 nitrogen and oxygen atoms in total. The fourth-order valence-corrected chi connectivity index (χ4v) is 2.38. The van der Waals surface area contributed by atoms with Crippen molar-refractivity contribution in [3.63, 3.8) is 0 Å². The molecule has 1 aromatic carbocycles. The van der Waals surface area contributed by atoms with Gasteiger partial charge in [0, 0.05) is 32.3 Å². The van der Waals surface area contributed by atoms with Gasteiger partial charge in [0.2, 0.25) is 0 Å². The lowest BCUT2D eigenvalue weighted by Gasteiger charge is -2.09. The number of rotatable bonds is 2. The summed E-state index contributed by atoms with van der Waals surface area (Å²) in [6.45, 7) is 0.358. The van der Waals surface area contributed by atoms with Crippen molar-refractivity contribution < 1.29 is 0 Å². The standard InChI is InChI=1S/C12H8BrCl2NO/c13-8-4-5-12(17)16(6-8)7-9-10(14)2-1-3-11(9)15/h1-6H,7H2. The van der Waals surface area contributed by atoms with Crippen molar-refractivity contribution >= 4 is 39.1 Å². The summed E-state index contributed by atoms with van der Waals surface area (Å²) < 4.78 is 2.39. The van der Waals surface area contributed by atoms with Gasteiger partial charge in [0.15, 0.2) is 0 Å². The molecule has 0 aliphatic carbocycles. The molecule has 1 heterocycles. The fourth-order valence-electron chi connectivity index (χ4n) is 1.48. The maximum Gasteiger partial charge on any atom is 0.250 e. The van der Waals surface area contributed by atoms with E-state index in [2.05, 4.69) is 15.9 Å². The molecule has 0 N–H and O–H groups in total. The lowest BCUT2D eigenvalue weighted by atomic mass is 10.2. The van der Waals surface area contributed by atoms with Crippen LogP contribution in [0, 0.1) is 0 Å². The molecule has 0 saturated heterocycles. The van der Waals surface area contributed by atoms with E-state index in [0.717, 1.165) is 10.0 Å². The summed E-state index contributed by atoms with van der Waals surface area (Å²) in [6.07, 6.45) is 1.71. The van der Waals surface area contributed by atoms with Gasteiger partial charge in [0.1, 0.15) is 0 Å². The molecule has 0 unspecified atom stereocenters. The molecule has 0 atom stereocenters. The summed E-state index contributed by atoms with van der Waals surface area (Å²) >= 11 is 15.4. The third-order valence-electron chi connectivity index (χ3n) is 2.34. The van der Waals surface area contributed by atoms with Crippen LogP contribution in [0.15, 0.2) is 45.8 Å². The highest BCUT2D eigenvalue weighted by molar-refractivity contribution is 9.10. The normalized spacial score (nSPS) is 10.5. The topological polar surface area (TPSA) is 22.0 Å². The number of benzene rings is 1. The van der Waals surface area contributed by atoms with Crippen LogP contribution in [0.4, 0.5) is 0 Å². The Kier molecular flexibility index (Phi) is 3.92. The van der Waals surface area contributed by atoms with Gasteiger partial charge >= 0.3 is 0 Å². The second-order valence-electron chi connectivity index (χ2n) is 3.51. The van der Waals surface area contributed by atoms with E-state index in [1.165, 1.54) is 6.07 Å². The zero-order valence-electron chi connectivity index (χ0n) is 8.66. The molecule has 2 aromatic rings. The zero-order chi connectivity index (χ0) is 12.4. The maximum atomic E-state index is 11.7. The summed E-state index contributed by atoms with van der Waals surface area (Å²) in [4.78, 5) is 11.7. The molecule has 2 rings (SSSR count). The molecule has 0 spiro atoms. The summed E-state index contributed by atoms with van der Waals surface area (Å²) in [5.41, 5.74) is 0.653. The first kappa shape index (κ1) is 12.7. The van der Waals surface area contributed by atoms with Crippen LogP contribution in [-0.2, 0) is 6.54 Å². The minimum Gasteiger partial charge on any atom is -0.310 e. The van der Waals surface area contributed by atoms with Crippen molar-refractivity contribution in [2.24, 2.45) is 0 Å². The lowest BCUT2D eigenvalue weighted by molar-refractivity contribution is 0.756. The number of hydrogen-bond donors (Lipinski definition) is 0. The molecule has 88 valence electrons. The van der Waals surface area contributed by atoms with Crippen molar-refractivity contribution in [3.8, 4) is 0 Å². The Bertz CT molecular complexity index is 589. The molecule has 5 heteroatoms. The first-order chi connectivity index (χ1) is 8.08. The fraction of sp³-hybridized carbons (Fsp3) is 0.0833. The molecular weight excluding hydrogens is 325 g/mol. The Labute approximate surface area is 117 Å². The molecule has 0 saturated carbocycles. The lowest BCUT2D eigenvalue weighted by Crippen LogP contribution is -2.19. The van der Waals surface area contributed by atoms with Crippen LogP contribution in [0.1, 0.15) is 5.56 Å². The minimum absolute atomic E-state index is 0.0933. The monoisotopic (exact) mass is 331 g/mol. The molecule has 0 aliphatic heterocycles. The van der Waals surface area contributed by atoms with Crippen LogP contribution in [-0.4, -0.2) is 4.57 Å². The van der Waals surface area contributed by atoms with Gasteiger partial charge < -0.3 is 4.57 Å². The third-order valence-corrected chi connectivity index (χ3v) is 3.51. The van der Waals surface area contributed by atoms with Crippen LogP contribution < -0.4 is 5.56 Å². The maximum absolute atomic E-state index is 11.7. The van der Waals surface area contributed by atoms with Gasteiger partial charge in [-0.1, -0.05) is 29.3 Å². The second kappa shape index (κ2) is 5.25. The van der Waals surface area contributed by atoms with Gasteiger partial charge in [-0.25, -0.2) is 0 Å². The number of pyridine rings is 1. The van der Waals surface area contributed by atoms with E-state index in [1.54, 1.807) is 35.0 Å². The number of halogens is 3. The summed E-state index contributed by atoms with van der Waals surface area (Å²) in [5.74, 6) is 0. The van der Waals surface area contributed by atoms with Crippen molar-refractivity contribution in [1.82, 2.24) is 4.57 Å². The van der Waals surface area contributed by atoms with Crippen LogP contribution >= 0.6 is 39.1 Å². The van der Waals surface area contributed by atoms with Crippen molar-refractivity contribution in [2.75, 3.05) is 0 Å². The quantitative estimate of drug-likeness (QED) is 0.815. The first-order valence-corrected chi connectivity index (χ1v) is 6.41. The molecule has 0 aliphatic rings. The highest BCUT2D eigenvalue weighted by Crippen LogP contribution is 2.24. The van der Waals surface area contributed by atoms with Crippen LogP contribution in [0.2, 0.25) is 10.0 Å². The van der Waals surface area contributed by atoms with Gasteiger partial charge in [-0.15, -0.1) is 0 Å². The Morgan fingerprint density at radius 3 is 2.41 bits per heavy atom. The van der Waals surface area contributed by atoms with E-state index in [9.17, 15) is 4.79 Å². The highest BCUT2D eigenvalue weighted by atomic mass is 79.9. The van der Waals surface area contributed by atoms with Crippen molar-refractivity contribution in [1.29, 1.82) is 0 Å². The number of aromatic nitrogens is 1. The summed E-state index contributed by atoms with van der Waals surface area (Å²) in [7, 11) is 0. The van der Waals surface area contributed by atoms with E-state index in [0.29, 0.717) is 16.6 Å². The molecular formula is C12H8BrCl2NO. The molecule has 0 bridgehead atoms. The highest BCUT2D eigenvalue weighted by Gasteiger charge is 2.07. The van der Waals surface area contributed by atoms with Crippen molar-refractivity contribution in [2.45, 2.75) is 6.54 Å². The predicted octanol–water partition coefficient (Wildman–Crippen LogP) is 3.97. The van der Waals surface area contributed by atoms with E-state index in [-0.39, 0.29) is 5.56 Å². The number of hydrogen-bond acceptors (Lipinski definition) is 1. The number of nitrogens with zero attached hydrogens (tertiary/aromatic N) is 1. The third kappa shape index (κ3) is 2.92. The van der Waals surface area contributed by atoms with Gasteiger partial charge in [-0.05, 0) is 34.1 Å². The molecule has 17 heavy (non-hydrogen) atoms. The first-order valence-electron chi connectivity index (χ1n) is 4.87. The average Bonchev–Trinajstić information content (AvgIpc) is 2.28. The molecule has 1 aromatic heterocycles. The van der Waals surface area contributed by atoms with Crippen LogP contribution in [0.5, 0.6) is 0 Å². The van der Waals surface area contributed by atoms with E-state index >= 15 is 0 Å². The van der Waals surface area contributed by atoms with Gasteiger partial charge in [-0.2, -0.15) is 0 Å². The van der Waals surface area contributed by atoms with Crippen LogP contribution in [0.3, 0.4) is 0 Å². The molecule has 0 amide bonds. The van der Waals surface area contributed by atoms with Gasteiger partial charge in [-0.3, -0.25) is 4.79 Å². The average molecular weight is 333 g/mol. The van der Waals surface area contributed by atoms with Gasteiger partial charge in [0.25, 0.3) is 5.56 Å².